The van der Waals surface area contributed by atoms with Crippen LogP contribution in [-0.2, 0) is 4.74 Å². The lowest BCUT2D eigenvalue weighted by atomic mass is 9.84. The summed E-state index contributed by atoms with van der Waals surface area (Å²) in [7, 11) is 0. The van der Waals surface area contributed by atoms with E-state index in [0.29, 0.717) is 18.4 Å². The maximum atomic E-state index is 12.1. The fraction of sp³-hybridized carbons (Fsp3) is 0.444. The third-order valence-electron chi connectivity index (χ3n) is 5.02. The third kappa shape index (κ3) is 3.16. The summed E-state index contributed by atoms with van der Waals surface area (Å²) in [5.74, 6) is 2.08. The molecule has 4 rings (SSSR count). The minimum atomic E-state index is -0.00535. The minimum Gasteiger partial charge on any atom is -0.376 e. The van der Waals surface area contributed by atoms with Crippen LogP contribution in [-0.4, -0.2) is 43.2 Å². The molecule has 2 aromatic rings. The van der Waals surface area contributed by atoms with Crippen LogP contribution in [0.15, 0.2) is 41.2 Å². The Morgan fingerprint density at radius 3 is 3.17 bits per heavy atom. The van der Waals surface area contributed by atoms with Crippen molar-refractivity contribution in [2.24, 2.45) is 11.8 Å². The van der Waals surface area contributed by atoms with Crippen molar-refractivity contribution in [2.45, 2.75) is 12.5 Å². The molecule has 1 amide bonds. The number of nitrogens with one attached hydrogen (secondary N) is 1. The molecule has 0 bridgehead atoms. The summed E-state index contributed by atoms with van der Waals surface area (Å²) < 4.78 is 5.99. The lowest BCUT2D eigenvalue weighted by molar-refractivity contribution is 0.0769. The van der Waals surface area contributed by atoms with Gasteiger partial charge in [0.1, 0.15) is 5.82 Å². The van der Waals surface area contributed by atoms with Gasteiger partial charge in [0.15, 0.2) is 0 Å². The van der Waals surface area contributed by atoms with Gasteiger partial charge < -0.3 is 15.0 Å². The largest absolute Gasteiger partial charge is 0.376 e. The van der Waals surface area contributed by atoms with E-state index in [-0.39, 0.29) is 12.0 Å². The van der Waals surface area contributed by atoms with E-state index in [1.807, 2.05) is 35.2 Å². The van der Waals surface area contributed by atoms with E-state index in [2.05, 4.69) is 21.3 Å². The first-order valence-electron chi connectivity index (χ1n) is 8.39. The second-order valence-corrected chi connectivity index (χ2v) is 7.22. The van der Waals surface area contributed by atoms with Crippen molar-refractivity contribution in [1.29, 1.82) is 0 Å². The smallest absolute Gasteiger partial charge is 0.252 e. The number of anilines is 1. The predicted molar refractivity (Wildman–Crippen MR) is 94.4 cm³/mol. The quantitative estimate of drug-likeness (QED) is 0.926. The van der Waals surface area contributed by atoms with Crippen molar-refractivity contribution < 1.29 is 9.53 Å². The molecule has 1 N–H and O–H groups in total. The fourth-order valence-electron chi connectivity index (χ4n) is 3.74. The number of ether oxygens (including phenoxy) is 1. The Labute approximate surface area is 145 Å². The monoisotopic (exact) mass is 343 g/mol. The third-order valence-corrected chi connectivity index (χ3v) is 5.70. The second kappa shape index (κ2) is 6.91. The van der Waals surface area contributed by atoms with E-state index in [1.54, 1.807) is 0 Å². The zero-order valence-electron chi connectivity index (χ0n) is 13.4. The number of fused-ring (bicyclic) bond motifs is 1. The number of amides is 1. The highest BCUT2D eigenvalue weighted by molar-refractivity contribution is 7.08. The fourth-order valence-corrected chi connectivity index (χ4v) is 4.37. The Morgan fingerprint density at radius 2 is 2.38 bits per heavy atom. The first kappa shape index (κ1) is 15.6. The predicted octanol–water partition coefficient (Wildman–Crippen LogP) is 2.41. The van der Waals surface area contributed by atoms with E-state index in [1.165, 1.54) is 11.3 Å². The topological polar surface area (TPSA) is 54.5 Å². The van der Waals surface area contributed by atoms with Crippen molar-refractivity contribution >= 4 is 23.1 Å². The molecular formula is C18H21N3O2S. The number of aromatic nitrogens is 1. The summed E-state index contributed by atoms with van der Waals surface area (Å²) in [6, 6.07) is 7.89. The summed E-state index contributed by atoms with van der Waals surface area (Å²) in [5, 5.41) is 6.81. The Balaban J connectivity index is 1.33. The SMILES string of the molecule is O=C(NC[C@@H]1OC[C@H]2CN(c3ccccn3)CC[C@H]21)c1ccsc1. The number of thiophene rings is 1. The van der Waals surface area contributed by atoms with Gasteiger partial charge in [-0.1, -0.05) is 6.07 Å². The van der Waals surface area contributed by atoms with Crippen LogP contribution in [0.1, 0.15) is 16.8 Å². The van der Waals surface area contributed by atoms with E-state index in [9.17, 15) is 4.79 Å². The second-order valence-electron chi connectivity index (χ2n) is 6.44. The zero-order valence-corrected chi connectivity index (χ0v) is 14.2. The van der Waals surface area contributed by atoms with Crippen LogP contribution in [0.2, 0.25) is 0 Å². The van der Waals surface area contributed by atoms with Gasteiger partial charge in [0.25, 0.3) is 5.91 Å². The summed E-state index contributed by atoms with van der Waals surface area (Å²) in [6.45, 7) is 3.35. The molecule has 0 aromatic carbocycles. The highest BCUT2D eigenvalue weighted by Gasteiger charge is 2.41. The molecule has 0 radical (unpaired) electrons. The van der Waals surface area contributed by atoms with E-state index in [4.69, 9.17) is 4.74 Å². The highest BCUT2D eigenvalue weighted by atomic mass is 32.1. The number of carbonyl (C=O) groups is 1. The molecule has 0 unspecified atom stereocenters. The van der Waals surface area contributed by atoms with Crippen molar-refractivity contribution in [3.8, 4) is 0 Å². The van der Waals surface area contributed by atoms with Gasteiger partial charge in [0.05, 0.1) is 12.7 Å². The molecule has 3 atom stereocenters. The maximum absolute atomic E-state index is 12.1. The minimum absolute atomic E-state index is 0.00535. The molecule has 6 heteroatoms. The Bertz CT molecular complexity index is 677. The van der Waals surface area contributed by atoms with Gasteiger partial charge in [-0.2, -0.15) is 11.3 Å². The molecule has 2 aromatic heterocycles. The number of piperidine rings is 1. The zero-order chi connectivity index (χ0) is 16.4. The van der Waals surface area contributed by atoms with Crippen molar-refractivity contribution in [3.63, 3.8) is 0 Å². The van der Waals surface area contributed by atoms with Gasteiger partial charge in [0, 0.05) is 42.7 Å². The Hall–Kier alpha value is -1.92. The molecule has 5 nitrogen and oxygen atoms in total. The van der Waals surface area contributed by atoms with Crippen molar-refractivity contribution in [1.82, 2.24) is 10.3 Å². The van der Waals surface area contributed by atoms with Crippen LogP contribution in [0.5, 0.6) is 0 Å². The summed E-state index contributed by atoms with van der Waals surface area (Å²) in [5.41, 5.74) is 0.736. The van der Waals surface area contributed by atoms with Gasteiger partial charge in [0.2, 0.25) is 0 Å². The number of hydrogen-bond acceptors (Lipinski definition) is 5. The number of carbonyl (C=O) groups excluding carboxylic acids is 1. The number of pyridine rings is 1. The molecule has 126 valence electrons. The van der Waals surface area contributed by atoms with Crippen molar-refractivity contribution in [3.05, 3.63) is 46.8 Å². The first-order chi connectivity index (χ1) is 11.8. The average molecular weight is 343 g/mol. The maximum Gasteiger partial charge on any atom is 0.252 e. The van der Waals surface area contributed by atoms with Crippen molar-refractivity contribution in [2.75, 3.05) is 31.1 Å². The molecule has 2 saturated heterocycles. The molecule has 2 aliphatic heterocycles. The van der Waals surface area contributed by atoms with Gasteiger partial charge in [-0.05, 0) is 35.9 Å². The van der Waals surface area contributed by atoms with Crippen LogP contribution in [0.25, 0.3) is 0 Å². The van der Waals surface area contributed by atoms with E-state index in [0.717, 1.165) is 37.5 Å². The summed E-state index contributed by atoms with van der Waals surface area (Å²) in [4.78, 5) is 18.9. The van der Waals surface area contributed by atoms with Crippen LogP contribution >= 0.6 is 11.3 Å². The van der Waals surface area contributed by atoms with E-state index < -0.39 is 0 Å². The van der Waals surface area contributed by atoms with Gasteiger partial charge in [-0.3, -0.25) is 4.79 Å². The molecular weight excluding hydrogens is 322 g/mol. The first-order valence-corrected chi connectivity index (χ1v) is 9.33. The van der Waals surface area contributed by atoms with Crippen LogP contribution in [0.4, 0.5) is 5.82 Å². The Kier molecular flexibility index (Phi) is 4.49. The van der Waals surface area contributed by atoms with E-state index >= 15 is 0 Å². The average Bonchev–Trinajstić information content (AvgIpc) is 3.30. The number of hydrogen-bond donors (Lipinski definition) is 1. The number of rotatable bonds is 4. The van der Waals surface area contributed by atoms with Gasteiger partial charge >= 0.3 is 0 Å². The van der Waals surface area contributed by atoms with Crippen LogP contribution in [0.3, 0.4) is 0 Å². The standard InChI is InChI=1S/C18H21N3O2S/c22-18(13-5-8-24-12-13)20-9-16-15-4-7-21(10-14(15)11-23-16)17-3-1-2-6-19-17/h1-3,5-6,8,12,14-16H,4,7,9-11H2,(H,20,22)/t14-,15-,16+/m1/s1. The van der Waals surface area contributed by atoms with Crippen LogP contribution in [0, 0.1) is 11.8 Å². The lowest BCUT2D eigenvalue weighted by Gasteiger charge is -2.36. The Morgan fingerprint density at radius 1 is 1.42 bits per heavy atom. The molecule has 24 heavy (non-hydrogen) atoms. The highest BCUT2D eigenvalue weighted by Crippen LogP contribution is 2.35. The molecule has 2 aliphatic rings. The molecule has 0 aliphatic carbocycles. The molecule has 2 fully saturated rings. The van der Waals surface area contributed by atoms with Crippen LogP contribution < -0.4 is 10.2 Å². The molecule has 0 spiro atoms. The molecule has 4 heterocycles. The summed E-state index contributed by atoms with van der Waals surface area (Å²) in [6.07, 6.45) is 3.05. The summed E-state index contributed by atoms with van der Waals surface area (Å²) >= 11 is 1.54. The van der Waals surface area contributed by atoms with Gasteiger partial charge in [-0.15, -0.1) is 0 Å². The lowest BCUT2D eigenvalue weighted by Crippen LogP contribution is -2.44. The van der Waals surface area contributed by atoms with Gasteiger partial charge in [-0.25, -0.2) is 4.98 Å². The normalized spacial score (nSPS) is 26.2. The molecule has 0 saturated carbocycles. The number of nitrogens with zero attached hydrogens (tertiary/aromatic N) is 2.